The molecule has 4 rings (SSSR count). The molecule has 5 nitrogen and oxygen atoms in total. The predicted molar refractivity (Wildman–Crippen MR) is 115 cm³/mol. The lowest BCUT2D eigenvalue weighted by Gasteiger charge is -2.35. The van der Waals surface area contributed by atoms with E-state index in [0.29, 0.717) is 0 Å². The van der Waals surface area contributed by atoms with Crippen LogP contribution in [0.15, 0.2) is 36.0 Å². The van der Waals surface area contributed by atoms with Crippen LogP contribution in [0.1, 0.15) is 31.2 Å². The first-order valence-electron chi connectivity index (χ1n) is 10.8. The van der Waals surface area contributed by atoms with Gasteiger partial charge in [0, 0.05) is 51.0 Å². The molecular formula is C23H33FN4O. The van der Waals surface area contributed by atoms with Gasteiger partial charge in [0.2, 0.25) is 0 Å². The van der Waals surface area contributed by atoms with Crippen LogP contribution >= 0.6 is 0 Å². The topological polar surface area (TPSA) is 31.0 Å². The van der Waals surface area contributed by atoms with Gasteiger partial charge in [-0.05, 0) is 55.7 Å². The fraction of sp³-hybridized carbons (Fsp3) is 0.565. The van der Waals surface area contributed by atoms with Gasteiger partial charge in [-0.25, -0.2) is 4.39 Å². The highest BCUT2D eigenvalue weighted by atomic mass is 19.1. The first-order chi connectivity index (χ1) is 14.1. The maximum atomic E-state index is 14.3. The lowest BCUT2D eigenvalue weighted by Crippen LogP contribution is -2.45. The highest BCUT2D eigenvalue weighted by Gasteiger charge is 2.22. The van der Waals surface area contributed by atoms with E-state index in [4.69, 9.17) is 4.74 Å². The molecule has 0 amide bonds. The van der Waals surface area contributed by atoms with Crippen LogP contribution in [0.2, 0.25) is 0 Å². The third-order valence-electron chi connectivity index (χ3n) is 6.31. The van der Waals surface area contributed by atoms with E-state index in [-0.39, 0.29) is 11.6 Å². The Hall–Kier alpha value is -2.05. The molecule has 3 aliphatic rings. The molecule has 0 bridgehead atoms. The van der Waals surface area contributed by atoms with E-state index >= 15 is 0 Å². The molecule has 2 fully saturated rings. The first-order valence-corrected chi connectivity index (χ1v) is 10.8. The van der Waals surface area contributed by atoms with Crippen molar-refractivity contribution in [1.29, 1.82) is 0 Å². The van der Waals surface area contributed by atoms with Gasteiger partial charge in [-0.1, -0.05) is 12.8 Å². The van der Waals surface area contributed by atoms with Crippen molar-refractivity contribution in [3.05, 3.63) is 47.4 Å². The Balaban J connectivity index is 1.53. The fourth-order valence-corrected chi connectivity index (χ4v) is 4.54. The van der Waals surface area contributed by atoms with Crippen LogP contribution in [0.4, 0.5) is 4.39 Å². The zero-order chi connectivity index (χ0) is 20.2. The van der Waals surface area contributed by atoms with Crippen molar-refractivity contribution in [3.63, 3.8) is 0 Å². The van der Waals surface area contributed by atoms with Gasteiger partial charge in [0.1, 0.15) is 0 Å². The van der Waals surface area contributed by atoms with Crippen molar-refractivity contribution in [1.82, 2.24) is 20.2 Å². The highest BCUT2D eigenvalue weighted by molar-refractivity contribution is 5.68. The van der Waals surface area contributed by atoms with Gasteiger partial charge < -0.3 is 9.64 Å². The number of ether oxygens (including phenoxy) is 1. The van der Waals surface area contributed by atoms with Crippen molar-refractivity contribution in [2.45, 2.75) is 25.7 Å². The number of nitrogens with one attached hydrogen (secondary N) is 1. The third kappa shape index (κ3) is 5.11. The molecule has 2 aliphatic heterocycles. The van der Waals surface area contributed by atoms with Crippen molar-refractivity contribution in [3.8, 4) is 5.75 Å². The number of benzene rings is 1. The molecule has 0 unspecified atom stereocenters. The summed E-state index contributed by atoms with van der Waals surface area (Å²) in [4.78, 5) is 4.88. The second kappa shape index (κ2) is 9.18. The smallest absolute Gasteiger partial charge is 0.165 e. The number of hydrogen-bond acceptors (Lipinski definition) is 5. The minimum absolute atomic E-state index is 0.279. The zero-order valence-corrected chi connectivity index (χ0v) is 17.7. The van der Waals surface area contributed by atoms with Crippen LogP contribution in [-0.2, 0) is 0 Å². The van der Waals surface area contributed by atoms with Gasteiger partial charge in [0.15, 0.2) is 11.6 Å². The Morgan fingerprint density at radius 2 is 1.90 bits per heavy atom. The number of hydrogen-bond donors (Lipinski definition) is 1. The van der Waals surface area contributed by atoms with E-state index in [1.165, 1.54) is 38.4 Å². The number of rotatable bonds is 6. The van der Waals surface area contributed by atoms with Gasteiger partial charge >= 0.3 is 0 Å². The lowest BCUT2D eigenvalue weighted by atomic mass is 10.1. The van der Waals surface area contributed by atoms with Crippen LogP contribution in [-0.4, -0.2) is 68.2 Å². The Morgan fingerprint density at radius 3 is 2.59 bits per heavy atom. The average molecular weight is 401 g/mol. The molecule has 1 N–H and O–H groups in total. The molecule has 29 heavy (non-hydrogen) atoms. The summed E-state index contributed by atoms with van der Waals surface area (Å²) in [7, 11) is 3.68. The minimum Gasteiger partial charge on any atom is -0.494 e. The number of likely N-dealkylation sites (N-methyl/N-ethyl adjacent to an activating group) is 1. The summed E-state index contributed by atoms with van der Waals surface area (Å²) < 4.78 is 19.4. The second-order valence-corrected chi connectivity index (χ2v) is 8.61. The monoisotopic (exact) mass is 400 g/mol. The van der Waals surface area contributed by atoms with Crippen LogP contribution < -0.4 is 10.2 Å². The Kier molecular flexibility index (Phi) is 6.40. The van der Waals surface area contributed by atoms with E-state index in [0.717, 1.165) is 56.4 Å². The van der Waals surface area contributed by atoms with Crippen molar-refractivity contribution in [2.75, 3.05) is 53.4 Å². The number of halogens is 1. The zero-order valence-electron chi connectivity index (χ0n) is 17.7. The van der Waals surface area contributed by atoms with E-state index in [9.17, 15) is 4.39 Å². The van der Waals surface area contributed by atoms with E-state index in [1.807, 2.05) is 6.07 Å². The highest BCUT2D eigenvalue weighted by Crippen LogP contribution is 2.28. The second-order valence-electron chi connectivity index (χ2n) is 8.61. The number of hydrazine groups is 1. The average Bonchev–Trinajstić information content (AvgIpc) is 3.22. The summed E-state index contributed by atoms with van der Waals surface area (Å²) >= 11 is 0. The molecular weight excluding hydrogens is 367 g/mol. The first kappa shape index (κ1) is 20.2. The Morgan fingerprint density at radius 1 is 1.14 bits per heavy atom. The summed E-state index contributed by atoms with van der Waals surface area (Å²) in [6.45, 7) is 6.32. The van der Waals surface area contributed by atoms with Crippen LogP contribution in [0.3, 0.4) is 0 Å². The molecule has 1 saturated carbocycles. The number of methoxy groups -OCH3 is 1. The molecule has 6 heteroatoms. The van der Waals surface area contributed by atoms with Gasteiger partial charge in [-0.15, -0.1) is 0 Å². The van der Waals surface area contributed by atoms with Gasteiger partial charge in [0.05, 0.1) is 12.8 Å². The third-order valence-corrected chi connectivity index (χ3v) is 6.31. The van der Waals surface area contributed by atoms with Gasteiger partial charge in [-0.2, -0.15) is 0 Å². The molecule has 1 aromatic rings. The van der Waals surface area contributed by atoms with Crippen molar-refractivity contribution >= 4 is 5.70 Å². The predicted octanol–water partition coefficient (Wildman–Crippen LogP) is 3.32. The van der Waals surface area contributed by atoms with E-state index in [1.54, 1.807) is 12.1 Å². The Labute approximate surface area is 173 Å². The molecule has 0 spiro atoms. The maximum Gasteiger partial charge on any atom is 0.165 e. The summed E-state index contributed by atoms with van der Waals surface area (Å²) in [6.07, 6.45) is 9.70. The largest absolute Gasteiger partial charge is 0.494 e. The molecule has 0 aromatic heterocycles. The van der Waals surface area contributed by atoms with Crippen LogP contribution in [0.5, 0.6) is 5.75 Å². The molecule has 0 atom stereocenters. The Bertz CT molecular complexity index is 764. The molecule has 0 radical (unpaired) electrons. The lowest BCUT2D eigenvalue weighted by molar-refractivity contribution is 0.163. The van der Waals surface area contributed by atoms with Gasteiger partial charge in [0.25, 0.3) is 0 Å². The van der Waals surface area contributed by atoms with Crippen molar-refractivity contribution < 1.29 is 9.13 Å². The fourth-order valence-electron chi connectivity index (χ4n) is 4.54. The maximum absolute atomic E-state index is 14.3. The van der Waals surface area contributed by atoms with E-state index < -0.39 is 0 Å². The van der Waals surface area contributed by atoms with Crippen LogP contribution in [0, 0.1) is 11.7 Å². The SMILES string of the molecule is COc1ccc(C2=CC(CN3CCN(C)CC3)=CN(CC3CCCC3)N2)cc1F. The summed E-state index contributed by atoms with van der Waals surface area (Å²) in [5.74, 6) is 0.682. The molecule has 2 heterocycles. The molecule has 1 aliphatic carbocycles. The number of nitrogens with zero attached hydrogens (tertiary/aromatic N) is 3. The quantitative estimate of drug-likeness (QED) is 0.792. The summed E-state index contributed by atoms with van der Waals surface area (Å²) in [5.41, 5.74) is 6.60. The van der Waals surface area contributed by atoms with Gasteiger partial charge in [-0.3, -0.25) is 15.3 Å². The molecule has 158 valence electrons. The van der Waals surface area contributed by atoms with Crippen molar-refractivity contribution in [2.24, 2.45) is 5.92 Å². The summed E-state index contributed by atoms with van der Waals surface area (Å²) in [5, 5.41) is 2.22. The number of piperazine rings is 1. The van der Waals surface area contributed by atoms with E-state index in [2.05, 4.69) is 39.6 Å². The molecule has 1 saturated heterocycles. The molecule has 1 aromatic carbocycles. The van der Waals surface area contributed by atoms with Crippen LogP contribution in [0.25, 0.3) is 5.70 Å². The summed E-state index contributed by atoms with van der Waals surface area (Å²) in [6, 6.07) is 5.18. The minimum atomic E-state index is -0.329. The standard InChI is InChI=1S/C23H33FN4O/c1-26-9-11-27(12-10-26)15-19-13-22(20-7-8-23(29-2)21(24)14-20)25-28(17-19)16-18-5-3-4-6-18/h7-8,13-14,17-18,25H,3-6,9-12,15-16H2,1-2H3. The normalized spacial score (nSPS) is 21.7.